The molecule has 0 fully saturated rings. The van der Waals surface area contributed by atoms with Crippen LogP contribution in [0.5, 0.6) is 0 Å². The second kappa shape index (κ2) is 6.51. The number of hydrogen-bond acceptors (Lipinski definition) is 4. The van der Waals surface area contributed by atoms with Gasteiger partial charge in [0.05, 0.1) is 17.9 Å². The fourth-order valence-corrected chi connectivity index (χ4v) is 2.83. The maximum Gasteiger partial charge on any atom is 0.293 e. The summed E-state index contributed by atoms with van der Waals surface area (Å²) in [7, 11) is 1.70. The summed E-state index contributed by atoms with van der Waals surface area (Å²) in [4.78, 5) is 24.9. The van der Waals surface area contributed by atoms with Crippen LogP contribution in [-0.4, -0.2) is 25.5 Å². The Morgan fingerprint density at radius 3 is 2.60 bits per heavy atom. The van der Waals surface area contributed by atoms with Crippen LogP contribution in [-0.2, 0) is 18.4 Å². The molecule has 1 N–H and O–H groups in total. The maximum absolute atomic E-state index is 12.6. The molecule has 1 amide bonds. The van der Waals surface area contributed by atoms with Crippen LogP contribution >= 0.6 is 0 Å². The third-order valence-electron chi connectivity index (χ3n) is 4.28. The van der Waals surface area contributed by atoms with Crippen LogP contribution in [0.3, 0.4) is 0 Å². The molecular weight excluding hydrogens is 318 g/mol. The summed E-state index contributed by atoms with van der Waals surface area (Å²) in [6, 6.07) is 7.82. The van der Waals surface area contributed by atoms with Gasteiger partial charge >= 0.3 is 0 Å². The van der Waals surface area contributed by atoms with Gasteiger partial charge in [0.2, 0.25) is 5.91 Å². The van der Waals surface area contributed by atoms with Crippen molar-refractivity contribution >= 4 is 16.8 Å². The Morgan fingerprint density at radius 1 is 1.24 bits per heavy atom. The molecule has 7 nitrogen and oxygen atoms in total. The standard InChI is InChI=1S/C18H21N5O2/c1-11-5-7-14(8-6-11)12(2)20-16(24)10-23-18(25)17-15(13(3)21-23)9-19-22(17)4/h5-9,12H,10H2,1-4H3,(H,20,24). The molecule has 25 heavy (non-hydrogen) atoms. The summed E-state index contributed by atoms with van der Waals surface area (Å²) in [5.41, 5.74) is 2.98. The highest BCUT2D eigenvalue weighted by atomic mass is 16.2. The van der Waals surface area contributed by atoms with Crippen molar-refractivity contribution in [1.82, 2.24) is 24.9 Å². The average molecular weight is 339 g/mol. The second-order valence-corrected chi connectivity index (χ2v) is 6.28. The maximum atomic E-state index is 12.6. The Kier molecular flexibility index (Phi) is 4.39. The minimum Gasteiger partial charge on any atom is -0.348 e. The van der Waals surface area contributed by atoms with Crippen LogP contribution < -0.4 is 10.9 Å². The van der Waals surface area contributed by atoms with Gasteiger partial charge in [-0.05, 0) is 26.3 Å². The van der Waals surface area contributed by atoms with Gasteiger partial charge in [0.25, 0.3) is 5.56 Å². The molecule has 130 valence electrons. The summed E-state index contributed by atoms with van der Waals surface area (Å²) < 4.78 is 2.70. The van der Waals surface area contributed by atoms with Crippen molar-refractivity contribution in [2.45, 2.75) is 33.4 Å². The number of aryl methyl sites for hydroxylation is 3. The number of nitrogens with one attached hydrogen (secondary N) is 1. The molecule has 0 bridgehead atoms. The Hall–Kier alpha value is -2.96. The van der Waals surface area contributed by atoms with E-state index in [9.17, 15) is 9.59 Å². The SMILES string of the molecule is Cc1ccc(C(C)NC(=O)Cn2nc(C)c3cnn(C)c3c2=O)cc1. The molecule has 3 aromatic rings. The molecule has 2 aromatic heterocycles. The van der Waals surface area contributed by atoms with E-state index in [4.69, 9.17) is 0 Å². The topological polar surface area (TPSA) is 81.8 Å². The van der Waals surface area contributed by atoms with Crippen molar-refractivity contribution in [2.75, 3.05) is 0 Å². The summed E-state index contributed by atoms with van der Waals surface area (Å²) in [6.07, 6.45) is 1.61. The molecule has 3 rings (SSSR count). The molecule has 7 heteroatoms. The first-order chi connectivity index (χ1) is 11.9. The molecular formula is C18H21N5O2. The van der Waals surface area contributed by atoms with Gasteiger partial charge in [-0.2, -0.15) is 10.2 Å². The number of rotatable bonds is 4. The van der Waals surface area contributed by atoms with Crippen molar-refractivity contribution in [3.05, 3.63) is 57.6 Å². The monoisotopic (exact) mass is 339 g/mol. The lowest BCUT2D eigenvalue weighted by atomic mass is 10.1. The van der Waals surface area contributed by atoms with Gasteiger partial charge in [-0.3, -0.25) is 14.3 Å². The summed E-state index contributed by atoms with van der Waals surface area (Å²) in [5, 5.41) is 11.9. The van der Waals surface area contributed by atoms with E-state index < -0.39 is 0 Å². The van der Waals surface area contributed by atoms with Gasteiger partial charge < -0.3 is 5.32 Å². The zero-order valence-electron chi connectivity index (χ0n) is 14.8. The normalized spacial score (nSPS) is 12.3. The molecule has 0 radical (unpaired) electrons. The first-order valence-corrected chi connectivity index (χ1v) is 8.12. The lowest BCUT2D eigenvalue weighted by Crippen LogP contribution is -2.35. The quantitative estimate of drug-likeness (QED) is 0.783. The third kappa shape index (κ3) is 3.31. The number of hydrogen-bond donors (Lipinski definition) is 1. The Bertz CT molecular complexity index is 985. The van der Waals surface area contributed by atoms with Gasteiger partial charge in [-0.25, -0.2) is 4.68 Å². The molecule has 1 atom stereocenters. The number of carbonyl (C=O) groups excluding carboxylic acids is 1. The fourth-order valence-electron chi connectivity index (χ4n) is 2.83. The van der Waals surface area contributed by atoms with Gasteiger partial charge in [0.1, 0.15) is 12.1 Å². The van der Waals surface area contributed by atoms with Crippen molar-refractivity contribution in [1.29, 1.82) is 0 Å². The molecule has 1 unspecified atom stereocenters. The zero-order valence-corrected chi connectivity index (χ0v) is 14.8. The van der Waals surface area contributed by atoms with E-state index in [-0.39, 0.29) is 24.1 Å². The van der Waals surface area contributed by atoms with Gasteiger partial charge in [-0.1, -0.05) is 29.8 Å². The Morgan fingerprint density at radius 2 is 1.92 bits per heavy atom. The molecule has 1 aromatic carbocycles. The van der Waals surface area contributed by atoms with Crippen molar-refractivity contribution in [3.8, 4) is 0 Å². The molecule has 0 saturated heterocycles. The predicted molar refractivity (Wildman–Crippen MR) is 95.2 cm³/mol. The van der Waals surface area contributed by atoms with Crippen molar-refractivity contribution < 1.29 is 4.79 Å². The Labute approximate surface area is 145 Å². The van der Waals surface area contributed by atoms with Crippen LogP contribution in [0.1, 0.15) is 29.8 Å². The fraction of sp³-hybridized carbons (Fsp3) is 0.333. The minimum atomic E-state index is -0.321. The van der Waals surface area contributed by atoms with Gasteiger partial charge in [-0.15, -0.1) is 0 Å². The van der Waals surface area contributed by atoms with E-state index in [1.165, 1.54) is 9.36 Å². The number of aromatic nitrogens is 4. The smallest absolute Gasteiger partial charge is 0.293 e. The summed E-state index contributed by atoms with van der Waals surface area (Å²) in [5.74, 6) is -0.261. The van der Waals surface area contributed by atoms with E-state index >= 15 is 0 Å². The Balaban J connectivity index is 1.80. The molecule has 0 saturated carbocycles. The zero-order chi connectivity index (χ0) is 18.1. The first kappa shape index (κ1) is 16.9. The first-order valence-electron chi connectivity index (χ1n) is 8.12. The average Bonchev–Trinajstić information content (AvgIpc) is 2.95. The van der Waals surface area contributed by atoms with Crippen LogP contribution in [0, 0.1) is 13.8 Å². The van der Waals surface area contributed by atoms with Gasteiger partial charge in [0, 0.05) is 12.4 Å². The molecule has 0 aliphatic heterocycles. The summed E-state index contributed by atoms with van der Waals surface area (Å²) >= 11 is 0. The molecule has 0 aliphatic carbocycles. The second-order valence-electron chi connectivity index (χ2n) is 6.28. The number of nitrogens with zero attached hydrogens (tertiary/aromatic N) is 4. The minimum absolute atomic E-state index is 0.128. The lowest BCUT2D eigenvalue weighted by Gasteiger charge is -2.15. The van der Waals surface area contributed by atoms with Crippen LogP contribution in [0.2, 0.25) is 0 Å². The van der Waals surface area contributed by atoms with Crippen molar-refractivity contribution in [3.63, 3.8) is 0 Å². The highest BCUT2D eigenvalue weighted by Crippen LogP contribution is 2.13. The van der Waals surface area contributed by atoms with E-state index in [2.05, 4.69) is 15.5 Å². The van der Waals surface area contributed by atoms with E-state index in [0.29, 0.717) is 16.6 Å². The third-order valence-corrected chi connectivity index (χ3v) is 4.28. The van der Waals surface area contributed by atoms with E-state index in [1.54, 1.807) is 20.2 Å². The molecule has 0 aliphatic rings. The largest absolute Gasteiger partial charge is 0.348 e. The number of carbonyl (C=O) groups is 1. The number of amides is 1. The van der Waals surface area contributed by atoms with Gasteiger partial charge in [0.15, 0.2) is 0 Å². The van der Waals surface area contributed by atoms with E-state index in [0.717, 1.165) is 11.1 Å². The lowest BCUT2D eigenvalue weighted by molar-refractivity contribution is -0.122. The highest BCUT2D eigenvalue weighted by Gasteiger charge is 2.15. The van der Waals surface area contributed by atoms with E-state index in [1.807, 2.05) is 38.1 Å². The predicted octanol–water partition coefficient (Wildman–Crippen LogP) is 1.62. The van der Waals surface area contributed by atoms with Crippen molar-refractivity contribution in [2.24, 2.45) is 7.05 Å². The molecule has 2 heterocycles. The molecule has 0 spiro atoms. The van der Waals surface area contributed by atoms with Crippen LogP contribution in [0.25, 0.3) is 10.9 Å². The summed E-state index contributed by atoms with van der Waals surface area (Å²) in [6.45, 7) is 5.60. The number of fused-ring (bicyclic) bond motifs is 1. The number of benzene rings is 1. The highest BCUT2D eigenvalue weighted by molar-refractivity contribution is 5.80. The van der Waals surface area contributed by atoms with Crippen LogP contribution in [0.15, 0.2) is 35.3 Å². The van der Waals surface area contributed by atoms with Crippen LogP contribution in [0.4, 0.5) is 0 Å².